The number of rotatable bonds is 5. The van der Waals surface area contributed by atoms with Crippen molar-refractivity contribution in [1.29, 1.82) is 0 Å². The lowest BCUT2D eigenvalue weighted by Gasteiger charge is -2.07. The van der Waals surface area contributed by atoms with E-state index in [1.54, 1.807) is 0 Å². The number of halogens is 3. The van der Waals surface area contributed by atoms with Gasteiger partial charge in [0.05, 0.1) is 10.7 Å². The van der Waals surface area contributed by atoms with E-state index in [0.717, 1.165) is 36.0 Å². The van der Waals surface area contributed by atoms with Crippen molar-refractivity contribution in [2.45, 2.75) is 4.90 Å². The average Bonchev–Trinajstić information content (AvgIpc) is 2.49. The molecule has 0 atom stereocenters. The first kappa shape index (κ1) is 17.2. The van der Waals surface area contributed by atoms with Crippen molar-refractivity contribution in [3.8, 4) is 0 Å². The lowest BCUT2D eigenvalue weighted by Crippen LogP contribution is -2.15. The summed E-state index contributed by atoms with van der Waals surface area (Å²) in [7, 11) is 0. The van der Waals surface area contributed by atoms with E-state index in [0.29, 0.717) is 0 Å². The summed E-state index contributed by atoms with van der Waals surface area (Å²) in [6, 6.07) is 6.69. The molecule has 2 aromatic carbocycles. The van der Waals surface area contributed by atoms with Crippen LogP contribution < -0.4 is 5.32 Å². The quantitative estimate of drug-likeness (QED) is 0.492. The normalized spacial score (nSPS) is 10.4. The van der Waals surface area contributed by atoms with Gasteiger partial charge in [-0.15, -0.1) is 11.8 Å². The van der Waals surface area contributed by atoms with Crippen molar-refractivity contribution in [2.24, 2.45) is 0 Å². The number of nitrogens with zero attached hydrogens (tertiary/aromatic N) is 1. The molecule has 0 radical (unpaired) electrons. The Labute approximate surface area is 138 Å². The highest BCUT2D eigenvalue weighted by Gasteiger charge is 2.17. The van der Waals surface area contributed by atoms with Crippen LogP contribution in [-0.2, 0) is 4.79 Å². The van der Waals surface area contributed by atoms with Crippen LogP contribution in [0, 0.1) is 21.7 Å². The molecule has 2 aromatic rings. The summed E-state index contributed by atoms with van der Waals surface area (Å²) in [5, 5.41) is 13.4. The number of nitro benzene ring substituents is 1. The highest BCUT2D eigenvalue weighted by Crippen LogP contribution is 2.28. The lowest BCUT2D eigenvalue weighted by atomic mass is 10.2. The van der Waals surface area contributed by atoms with Gasteiger partial charge in [0.1, 0.15) is 17.3 Å². The van der Waals surface area contributed by atoms with E-state index in [1.165, 1.54) is 12.1 Å². The summed E-state index contributed by atoms with van der Waals surface area (Å²) < 4.78 is 26.5. The zero-order chi connectivity index (χ0) is 17.0. The molecule has 1 amide bonds. The van der Waals surface area contributed by atoms with Crippen LogP contribution in [0.25, 0.3) is 0 Å². The van der Waals surface area contributed by atoms with Gasteiger partial charge < -0.3 is 5.32 Å². The first-order chi connectivity index (χ1) is 10.9. The molecule has 5 nitrogen and oxygen atoms in total. The second-order valence-electron chi connectivity index (χ2n) is 4.33. The van der Waals surface area contributed by atoms with Gasteiger partial charge in [-0.1, -0.05) is 11.6 Å². The van der Waals surface area contributed by atoms with E-state index in [2.05, 4.69) is 5.32 Å². The van der Waals surface area contributed by atoms with Crippen molar-refractivity contribution < 1.29 is 18.5 Å². The minimum absolute atomic E-state index is 0.0224. The maximum absolute atomic E-state index is 13.4. The second-order valence-corrected chi connectivity index (χ2v) is 5.78. The molecule has 0 unspecified atom stereocenters. The average molecular weight is 359 g/mol. The number of thioether (sulfide) groups is 1. The van der Waals surface area contributed by atoms with E-state index < -0.39 is 22.5 Å². The van der Waals surface area contributed by atoms with Crippen LogP contribution in [0.1, 0.15) is 0 Å². The minimum atomic E-state index is -0.680. The fraction of sp³-hybridized carbons (Fsp3) is 0.0714. The third-order valence-electron chi connectivity index (χ3n) is 2.68. The predicted octanol–water partition coefficient (Wildman–Crippen LogP) is 4.26. The Kier molecular flexibility index (Phi) is 5.51. The Morgan fingerprint density at radius 3 is 2.70 bits per heavy atom. The van der Waals surface area contributed by atoms with E-state index >= 15 is 0 Å². The number of benzene rings is 2. The summed E-state index contributed by atoms with van der Waals surface area (Å²) in [5.41, 5.74) is -0.377. The molecule has 0 saturated heterocycles. The fourth-order valence-electron chi connectivity index (χ4n) is 1.68. The molecule has 23 heavy (non-hydrogen) atoms. The Morgan fingerprint density at radius 2 is 2.00 bits per heavy atom. The summed E-state index contributed by atoms with van der Waals surface area (Å²) >= 11 is 6.46. The largest absolute Gasteiger partial charge is 0.320 e. The molecule has 0 spiro atoms. The van der Waals surface area contributed by atoms with E-state index in [4.69, 9.17) is 11.6 Å². The Morgan fingerprint density at radius 1 is 1.26 bits per heavy atom. The molecular formula is C14H9ClF2N2O3S. The van der Waals surface area contributed by atoms with E-state index in [1.807, 2.05) is 0 Å². The van der Waals surface area contributed by atoms with Crippen LogP contribution in [0.4, 0.5) is 20.2 Å². The summed E-state index contributed by atoms with van der Waals surface area (Å²) in [6.45, 7) is 0. The fourth-order valence-corrected chi connectivity index (χ4v) is 2.61. The van der Waals surface area contributed by atoms with Gasteiger partial charge in [0.15, 0.2) is 0 Å². The topological polar surface area (TPSA) is 72.2 Å². The van der Waals surface area contributed by atoms with Crippen molar-refractivity contribution in [3.05, 3.63) is 63.2 Å². The highest BCUT2D eigenvalue weighted by molar-refractivity contribution is 8.00. The van der Waals surface area contributed by atoms with Gasteiger partial charge in [-0.2, -0.15) is 0 Å². The number of hydrogen-bond acceptors (Lipinski definition) is 4. The second kappa shape index (κ2) is 7.38. The molecule has 1 N–H and O–H groups in total. The molecule has 9 heteroatoms. The van der Waals surface area contributed by atoms with Crippen molar-refractivity contribution >= 4 is 40.6 Å². The first-order valence-electron chi connectivity index (χ1n) is 6.18. The van der Waals surface area contributed by atoms with Gasteiger partial charge >= 0.3 is 0 Å². The number of nitrogens with one attached hydrogen (secondary N) is 1. The number of hydrogen-bond donors (Lipinski definition) is 1. The highest BCUT2D eigenvalue weighted by atomic mass is 35.5. The van der Waals surface area contributed by atoms with Gasteiger partial charge in [-0.05, 0) is 30.3 Å². The lowest BCUT2D eigenvalue weighted by molar-refractivity contribution is -0.383. The molecule has 0 saturated carbocycles. The summed E-state index contributed by atoms with van der Waals surface area (Å²) in [4.78, 5) is 22.1. The molecule has 2 rings (SSSR count). The molecule has 0 fully saturated rings. The van der Waals surface area contributed by atoms with Crippen LogP contribution >= 0.6 is 23.4 Å². The van der Waals surface area contributed by atoms with Gasteiger partial charge in [0.2, 0.25) is 5.91 Å². The maximum Gasteiger partial charge on any atom is 0.294 e. The molecule has 0 aromatic heterocycles. The number of amides is 1. The van der Waals surface area contributed by atoms with Gasteiger partial charge in [-0.3, -0.25) is 14.9 Å². The SMILES string of the molecule is O=C(CSc1cc(F)ccc1F)Nc1ccc(Cl)cc1[N+](=O)[O-]. The van der Waals surface area contributed by atoms with Crippen molar-refractivity contribution in [3.63, 3.8) is 0 Å². The third kappa shape index (κ3) is 4.64. The zero-order valence-electron chi connectivity index (χ0n) is 11.4. The molecule has 0 heterocycles. The number of carbonyl (C=O) groups is 1. The molecule has 0 bridgehead atoms. The van der Waals surface area contributed by atoms with Gasteiger partial charge in [0.25, 0.3) is 5.69 Å². The number of nitro groups is 1. The molecule has 120 valence electrons. The monoisotopic (exact) mass is 358 g/mol. The van der Waals surface area contributed by atoms with Crippen molar-refractivity contribution in [1.82, 2.24) is 0 Å². The van der Waals surface area contributed by atoms with Crippen LogP contribution in [0.3, 0.4) is 0 Å². The third-order valence-corrected chi connectivity index (χ3v) is 3.95. The summed E-state index contributed by atoms with van der Waals surface area (Å²) in [5.74, 6) is -2.10. The zero-order valence-corrected chi connectivity index (χ0v) is 13.0. The Bertz CT molecular complexity index is 774. The van der Waals surface area contributed by atoms with Gasteiger partial charge in [-0.25, -0.2) is 8.78 Å². The number of anilines is 1. The Hall–Kier alpha value is -2.19. The minimum Gasteiger partial charge on any atom is -0.320 e. The van der Waals surface area contributed by atoms with Crippen LogP contribution in [0.5, 0.6) is 0 Å². The standard InChI is InChI=1S/C14H9ClF2N2O3S/c15-8-1-4-11(12(5-8)19(21)22)18-14(20)7-23-13-6-9(16)2-3-10(13)17/h1-6H,7H2,(H,18,20). The van der Waals surface area contributed by atoms with Crippen molar-refractivity contribution in [2.75, 3.05) is 11.1 Å². The smallest absolute Gasteiger partial charge is 0.294 e. The van der Waals surface area contributed by atoms with E-state index in [-0.39, 0.29) is 27.0 Å². The van der Waals surface area contributed by atoms with Crippen LogP contribution in [-0.4, -0.2) is 16.6 Å². The van der Waals surface area contributed by atoms with E-state index in [9.17, 15) is 23.7 Å². The predicted molar refractivity (Wildman–Crippen MR) is 83.8 cm³/mol. The molecular weight excluding hydrogens is 350 g/mol. The molecule has 0 aliphatic heterocycles. The number of carbonyl (C=O) groups excluding carboxylic acids is 1. The molecule has 0 aliphatic carbocycles. The maximum atomic E-state index is 13.4. The Balaban J connectivity index is 2.06. The molecule has 0 aliphatic rings. The first-order valence-corrected chi connectivity index (χ1v) is 7.55. The van der Waals surface area contributed by atoms with Gasteiger partial charge in [0, 0.05) is 16.0 Å². The van der Waals surface area contributed by atoms with Crippen LogP contribution in [0.2, 0.25) is 5.02 Å². The van der Waals surface area contributed by atoms with Crippen LogP contribution in [0.15, 0.2) is 41.3 Å². The summed E-state index contributed by atoms with van der Waals surface area (Å²) in [6.07, 6.45) is 0.